The summed E-state index contributed by atoms with van der Waals surface area (Å²) in [5.74, 6) is 0.556. The van der Waals surface area contributed by atoms with Gasteiger partial charge in [0.25, 0.3) is 0 Å². The van der Waals surface area contributed by atoms with E-state index < -0.39 is 11.6 Å². The normalized spacial score (nSPS) is 32.7. The molecule has 14 heavy (non-hydrogen) atoms. The van der Waals surface area contributed by atoms with Crippen molar-refractivity contribution >= 4 is 11.5 Å². The summed E-state index contributed by atoms with van der Waals surface area (Å²) in [4.78, 5) is 0.893. The van der Waals surface area contributed by atoms with Gasteiger partial charge in [-0.05, 0) is 18.0 Å². The Labute approximate surface area is 86.2 Å². The van der Waals surface area contributed by atoms with Crippen LogP contribution in [-0.2, 0) is 0 Å². The number of hydrogen-bond acceptors (Lipinski definition) is 4. The number of aromatic nitrogens is 1. The highest BCUT2D eigenvalue weighted by molar-refractivity contribution is 7.06. The summed E-state index contributed by atoms with van der Waals surface area (Å²) in [6.07, 6.45) is -0.223. The van der Waals surface area contributed by atoms with Crippen LogP contribution in [0, 0.1) is 5.41 Å². The van der Waals surface area contributed by atoms with E-state index in [-0.39, 0.29) is 6.04 Å². The van der Waals surface area contributed by atoms with Gasteiger partial charge in [0.15, 0.2) is 0 Å². The van der Waals surface area contributed by atoms with Gasteiger partial charge in [0.1, 0.15) is 6.17 Å². The molecule has 1 aliphatic rings. The molecular weight excluding hydrogens is 203 g/mol. The van der Waals surface area contributed by atoms with Crippen LogP contribution in [0.2, 0.25) is 0 Å². The van der Waals surface area contributed by atoms with Gasteiger partial charge in [-0.1, -0.05) is 6.92 Å². The molecular formula is C9H13FN2OS. The third-order valence-electron chi connectivity index (χ3n) is 2.91. The highest BCUT2D eigenvalue weighted by Crippen LogP contribution is 2.56. The predicted molar refractivity (Wildman–Crippen MR) is 53.2 cm³/mol. The molecule has 0 aromatic carbocycles. The summed E-state index contributed by atoms with van der Waals surface area (Å²) in [5, 5.41) is 0. The van der Waals surface area contributed by atoms with E-state index in [1.54, 1.807) is 13.2 Å². The van der Waals surface area contributed by atoms with Crippen molar-refractivity contribution < 1.29 is 9.13 Å². The zero-order chi connectivity index (χ0) is 10.3. The standard InChI is InChI=1S/C9H13FN2OS/c1-9(4-6(9)10)8(11)5-3-7(13-2)12-14-5/h3,6,8H,4,11H2,1-2H3. The van der Waals surface area contributed by atoms with E-state index in [0.717, 1.165) is 4.88 Å². The van der Waals surface area contributed by atoms with Gasteiger partial charge in [0, 0.05) is 22.4 Å². The van der Waals surface area contributed by atoms with E-state index in [2.05, 4.69) is 4.37 Å². The molecule has 2 rings (SSSR count). The Morgan fingerprint density at radius 2 is 2.50 bits per heavy atom. The van der Waals surface area contributed by atoms with Gasteiger partial charge in [-0.25, -0.2) is 4.39 Å². The fourth-order valence-corrected chi connectivity index (χ4v) is 2.35. The maximum Gasteiger partial charge on any atom is 0.225 e. The van der Waals surface area contributed by atoms with Crippen LogP contribution in [0.1, 0.15) is 24.3 Å². The van der Waals surface area contributed by atoms with Crippen molar-refractivity contribution in [1.82, 2.24) is 4.37 Å². The van der Waals surface area contributed by atoms with E-state index >= 15 is 0 Å². The molecule has 3 nitrogen and oxygen atoms in total. The Balaban J connectivity index is 2.15. The molecule has 0 spiro atoms. The minimum Gasteiger partial charge on any atom is -0.480 e. The maximum absolute atomic E-state index is 13.1. The maximum atomic E-state index is 13.1. The lowest BCUT2D eigenvalue weighted by molar-refractivity contribution is 0.334. The lowest BCUT2D eigenvalue weighted by atomic mass is 9.98. The van der Waals surface area contributed by atoms with Gasteiger partial charge in [0.2, 0.25) is 5.88 Å². The monoisotopic (exact) mass is 216 g/mol. The summed E-state index contributed by atoms with van der Waals surface area (Å²) in [5.41, 5.74) is 5.58. The van der Waals surface area contributed by atoms with Gasteiger partial charge in [0.05, 0.1) is 7.11 Å². The summed E-state index contributed by atoms with van der Waals surface area (Å²) >= 11 is 1.28. The van der Waals surface area contributed by atoms with E-state index in [1.165, 1.54) is 11.5 Å². The molecule has 1 aromatic heterocycles. The van der Waals surface area contributed by atoms with Gasteiger partial charge in [-0.3, -0.25) is 0 Å². The second-order valence-corrected chi connectivity index (χ2v) is 4.76. The Morgan fingerprint density at radius 3 is 2.93 bits per heavy atom. The first-order valence-electron chi connectivity index (χ1n) is 4.48. The fraction of sp³-hybridized carbons (Fsp3) is 0.667. The largest absolute Gasteiger partial charge is 0.480 e. The smallest absolute Gasteiger partial charge is 0.225 e. The topological polar surface area (TPSA) is 48.1 Å². The van der Waals surface area contributed by atoms with Crippen LogP contribution >= 0.6 is 11.5 Å². The van der Waals surface area contributed by atoms with E-state index in [0.29, 0.717) is 12.3 Å². The third-order valence-corrected chi connectivity index (χ3v) is 3.76. The number of ether oxygens (including phenoxy) is 1. The molecule has 0 aliphatic heterocycles. The van der Waals surface area contributed by atoms with Crippen molar-refractivity contribution in [3.05, 3.63) is 10.9 Å². The fourth-order valence-electron chi connectivity index (χ4n) is 1.49. The third kappa shape index (κ3) is 1.40. The minimum absolute atomic E-state index is 0.265. The van der Waals surface area contributed by atoms with Gasteiger partial charge >= 0.3 is 0 Å². The van der Waals surface area contributed by atoms with E-state index in [9.17, 15) is 4.39 Å². The second kappa shape index (κ2) is 3.17. The average molecular weight is 216 g/mol. The van der Waals surface area contributed by atoms with Crippen molar-refractivity contribution in [3.63, 3.8) is 0 Å². The van der Waals surface area contributed by atoms with Crippen molar-refractivity contribution in [2.75, 3.05) is 7.11 Å². The van der Waals surface area contributed by atoms with Crippen LogP contribution < -0.4 is 10.5 Å². The zero-order valence-electron chi connectivity index (χ0n) is 8.16. The van der Waals surface area contributed by atoms with Crippen molar-refractivity contribution in [1.29, 1.82) is 0 Å². The highest BCUT2D eigenvalue weighted by Gasteiger charge is 2.56. The molecule has 3 atom stereocenters. The lowest BCUT2D eigenvalue weighted by Crippen LogP contribution is -2.21. The first kappa shape index (κ1) is 9.86. The SMILES string of the molecule is COc1cc(C(N)C2(C)CC2F)sn1. The molecule has 78 valence electrons. The van der Waals surface area contributed by atoms with Crippen LogP contribution in [0.4, 0.5) is 4.39 Å². The van der Waals surface area contributed by atoms with Crippen LogP contribution in [0.25, 0.3) is 0 Å². The Hall–Kier alpha value is -0.680. The number of alkyl halides is 1. The second-order valence-electron chi connectivity index (χ2n) is 3.93. The van der Waals surface area contributed by atoms with Gasteiger partial charge in [-0.15, -0.1) is 0 Å². The highest BCUT2D eigenvalue weighted by atomic mass is 32.1. The molecule has 1 saturated carbocycles. The number of nitrogens with two attached hydrogens (primary N) is 1. The number of hydrogen-bond donors (Lipinski definition) is 1. The number of nitrogens with zero attached hydrogens (tertiary/aromatic N) is 1. The molecule has 0 amide bonds. The zero-order valence-corrected chi connectivity index (χ0v) is 8.97. The van der Waals surface area contributed by atoms with Gasteiger partial charge < -0.3 is 10.5 Å². The molecule has 1 heterocycles. The van der Waals surface area contributed by atoms with Crippen molar-refractivity contribution in [2.45, 2.75) is 25.6 Å². The molecule has 1 fully saturated rings. The van der Waals surface area contributed by atoms with Crippen molar-refractivity contribution in [3.8, 4) is 5.88 Å². The summed E-state index contributed by atoms with van der Waals surface area (Å²) in [6.45, 7) is 1.87. The van der Waals surface area contributed by atoms with Crippen LogP contribution in [0.15, 0.2) is 6.07 Å². The van der Waals surface area contributed by atoms with Crippen LogP contribution in [0.5, 0.6) is 5.88 Å². The molecule has 3 unspecified atom stereocenters. The first-order chi connectivity index (χ1) is 6.58. The number of methoxy groups -OCH3 is 1. The Bertz CT molecular complexity index is 343. The summed E-state index contributed by atoms with van der Waals surface area (Å²) in [6, 6.07) is 1.52. The van der Waals surface area contributed by atoms with E-state index in [1.807, 2.05) is 6.92 Å². The molecule has 0 bridgehead atoms. The molecule has 0 radical (unpaired) electrons. The van der Waals surface area contributed by atoms with Gasteiger partial charge in [-0.2, -0.15) is 4.37 Å². The molecule has 0 saturated heterocycles. The lowest BCUT2D eigenvalue weighted by Gasteiger charge is -2.15. The predicted octanol–water partition coefficient (Wildman–Crippen LogP) is 1.90. The molecule has 1 aliphatic carbocycles. The Kier molecular flexibility index (Phi) is 2.23. The van der Waals surface area contributed by atoms with Crippen LogP contribution in [0.3, 0.4) is 0 Å². The molecule has 5 heteroatoms. The summed E-state index contributed by atoms with van der Waals surface area (Å²) < 4.78 is 22.1. The molecule has 2 N–H and O–H groups in total. The molecule has 1 aromatic rings. The number of rotatable bonds is 3. The summed E-state index contributed by atoms with van der Waals surface area (Å²) in [7, 11) is 1.56. The Morgan fingerprint density at radius 1 is 1.86 bits per heavy atom. The number of halogens is 1. The minimum atomic E-state index is -0.773. The van der Waals surface area contributed by atoms with Crippen LogP contribution in [-0.4, -0.2) is 17.7 Å². The average Bonchev–Trinajstić information content (AvgIpc) is 2.67. The quantitative estimate of drug-likeness (QED) is 0.839. The first-order valence-corrected chi connectivity index (χ1v) is 5.25. The van der Waals surface area contributed by atoms with E-state index in [4.69, 9.17) is 10.5 Å². The van der Waals surface area contributed by atoms with Crippen molar-refractivity contribution in [2.24, 2.45) is 11.1 Å².